The van der Waals surface area contributed by atoms with Crippen molar-refractivity contribution in [2.24, 2.45) is 5.73 Å². The Labute approximate surface area is 180 Å². The van der Waals surface area contributed by atoms with Gasteiger partial charge in [0.1, 0.15) is 5.52 Å². The Kier molecular flexibility index (Phi) is 10.3. The van der Waals surface area contributed by atoms with E-state index in [2.05, 4.69) is 26.8 Å². The van der Waals surface area contributed by atoms with Crippen LogP contribution in [0.15, 0.2) is 30.6 Å². The summed E-state index contributed by atoms with van der Waals surface area (Å²) >= 11 is 0. The van der Waals surface area contributed by atoms with Gasteiger partial charge in [-0.15, -0.1) is 17.0 Å². The number of para-hydroxylation sites is 1. The Morgan fingerprint density at radius 2 is 1.93 bits per heavy atom. The minimum Gasteiger partial charge on any atom is -0.480 e. The second kappa shape index (κ2) is 12.1. The molecule has 1 amide bonds. The zero-order valence-corrected chi connectivity index (χ0v) is 18.4. The summed E-state index contributed by atoms with van der Waals surface area (Å²) in [5.41, 5.74) is 8.05. The molecule has 0 bridgehead atoms. The average Bonchev–Trinajstić information content (AvgIpc) is 3.09. The minimum absolute atomic E-state index is 0. The van der Waals surface area contributed by atoms with Crippen molar-refractivity contribution in [1.82, 2.24) is 19.9 Å². The van der Waals surface area contributed by atoms with E-state index < -0.39 is 11.9 Å². The number of amides is 1. The van der Waals surface area contributed by atoms with Crippen LogP contribution in [-0.2, 0) is 11.3 Å². The van der Waals surface area contributed by atoms with Crippen LogP contribution in [0.3, 0.4) is 0 Å². The van der Waals surface area contributed by atoms with Gasteiger partial charge in [0.2, 0.25) is 0 Å². The van der Waals surface area contributed by atoms with Gasteiger partial charge in [-0.25, -0.2) is 9.97 Å². The van der Waals surface area contributed by atoms with E-state index in [1.807, 2.05) is 24.3 Å². The van der Waals surface area contributed by atoms with Crippen LogP contribution in [0.1, 0.15) is 43.1 Å². The third-order valence-electron chi connectivity index (χ3n) is 4.27. The number of hydrogen-bond acceptors (Lipinski definition) is 5. The van der Waals surface area contributed by atoms with Crippen molar-refractivity contribution in [2.45, 2.75) is 39.2 Å². The second-order valence-electron chi connectivity index (χ2n) is 6.46. The number of unbranched alkanes of at least 4 members (excludes halogenated alkanes) is 3. The molecule has 9 heteroatoms. The third-order valence-corrected chi connectivity index (χ3v) is 4.27. The fraction of sp³-hybridized carbons (Fsp3) is 0.400. The minimum atomic E-state index is -0.822. The summed E-state index contributed by atoms with van der Waals surface area (Å²) in [5.74, 6) is -1.36. The molecule has 0 saturated heterocycles. The topological polar surface area (TPSA) is 123 Å². The molecule has 0 aliphatic carbocycles. The maximum absolute atomic E-state index is 11.7. The van der Waals surface area contributed by atoms with Crippen molar-refractivity contribution in [1.29, 1.82) is 0 Å². The highest BCUT2D eigenvalue weighted by Crippen LogP contribution is 2.26. The summed E-state index contributed by atoms with van der Waals surface area (Å²) in [4.78, 5) is 30.0. The van der Waals surface area contributed by atoms with Crippen LogP contribution < -0.4 is 11.1 Å². The Morgan fingerprint density at radius 1 is 1.21 bits per heavy atom. The number of hydrogen-bond donors (Lipinski definition) is 3. The number of nitrogens with zero attached hydrogens (tertiary/aromatic N) is 3. The molecule has 0 fully saturated rings. The van der Waals surface area contributed by atoms with Gasteiger partial charge in [0, 0.05) is 11.9 Å². The number of pyridine rings is 1. The van der Waals surface area contributed by atoms with Crippen LogP contribution in [0.4, 0.5) is 0 Å². The average molecular weight is 466 g/mol. The molecule has 0 atom stereocenters. The van der Waals surface area contributed by atoms with E-state index in [1.165, 1.54) is 19.3 Å². The number of imidazole rings is 1. The molecule has 3 rings (SSSR count). The number of carboxylic acids is 1. The first-order valence-electron chi connectivity index (χ1n) is 9.39. The third kappa shape index (κ3) is 6.50. The van der Waals surface area contributed by atoms with Crippen molar-refractivity contribution in [3.63, 3.8) is 0 Å². The van der Waals surface area contributed by atoms with Gasteiger partial charge in [-0.3, -0.25) is 9.59 Å². The van der Waals surface area contributed by atoms with Gasteiger partial charge in [-0.2, -0.15) is 0 Å². The molecule has 1 aromatic carbocycles. The summed E-state index contributed by atoms with van der Waals surface area (Å²) in [5, 5.41) is 11.3. The van der Waals surface area contributed by atoms with Gasteiger partial charge in [0.25, 0.3) is 5.91 Å². The SMILES string of the molecule is Br.CCCCCCn1cnc2c(C(N)=O)nc3ccccc3c21.CNCC(=O)O. The maximum atomic E-state index is 11.7. The van der Waals surface area contributed by atoms with Gasteiger partial charge >= 0.3 is 5.97 Å². The molecule has 0 aliphatic heterocycles. The fourth-order valence-electron chi connectivity index (χ4n) is 2.98. The number of nitrogens with one attached hydrogen (secondary N) is 1. The molecule has 2 heterocycles. The molecule has 3 aromatic rings. The number of carbonyl (C=O) groups is 2. The molecular weight excluding hydrogens is 438 g/mol. The highest BCUT2D eigenvalue weighted by Gasteiger charge is 2.16. The van der Waals surface area contributed by atoms with E-state index in [9.17, 15) is 9.59 Å². The van der Waals surface area contributed by atoms with Crippen LogP contribution in [-0.4, -0.2) is 45.1 Å². The van der Waals surface area contributed by atoms with Crippen LogP contribution in [0.5, 0.6) is 0 Å². The number of benzene rings is 1. The van der Waals surface area contributed by atoms with E-state index in [-0.39, 0.29) is 29.2 Å². The van der Waals surface area contributed by atoms with E-state index in [4.69, 9.17) is 10.8 Å². The lowest BCUT2D eigenvalue weighted by Gasteiger charge is -2.08. The van der Waals surface area contributed by atoms with Crippen molar-refractivity contribution >= 4 is 50.8 Å². The lowest BCUT2D eigenvalue weighted by molar-refractivity contribution is -0.135. The molecule has 0 radical (unpaired) electrons. The molecule has 8 nitrogen and oxygen atoms in total. The molecule has 2 aromatic heterocycles. The zero-order valence-electron chi connectivity index (χ0n) is 16.7. The predicted molar refractivity (Wildman–Crippen MR) is 120 cm³/mol. The number of aromatic nitrogens is 3. The lowest BCUT2D eigenvalue weighted by Crippen LogP contribution is -2.16. The van der Waals surface area contributed by atoms with Gasteiger partial charge < -0.3 is 20.7 Å². The molecule has 4 N–H and O–H groups in total. The molecule has 0 aliphatic rings. The number of halogens is 1. The highest BCUT2D eigenvalue weighted by atomic mass is 79.9. The van der Waals surface area contributed by atoms with Gasteiger partial charge in [-0.05, 0) is 19.5 Å². The Bertz CT molecular complexity index is 958. The summed E-state index contributed by atoms with van der Waals surface area (Å²) in [6, 6.07) is 7.80. The number of aliphatic carboxylic acids is 1. The summed E-state index contributed by atoms with van der Waals surface area (Å²) in [6.45, 7) is 3.13. The quantitative estimate of drug-likeness (QED) is 0.439. The molecule has 0 unspecified atom stereocenters. The maximum Gasteiger partial charge on any atom is 0.317 e. The van der Waals surface area contributed by atoms with Crippen LogP contribution in [0, 0.1) is 0 Å². The van der Waals surface area contributed by atoms with E-state index >= 15 is 0 Å². The Balaban J connectivity index is 0.000000529. The molecule has 158 valence electrons. The Morgan fingerprint density at radius 3 is 2.52 bits per heavy atom. The number of carbonyl (C=O) groups excluding carboxylic acids is 1. The number of rotatable bonds is 8. The summed E-state index contributed by atoms with van der Waals surface area (Å²) < 4.78 is 2.11. The van der Waals surface area contributed by atoms with Gasteiger partial charge in [0.05, 0.1) is 23.9 Å². The largest absolute Gasteiger partial charge is 0.480 e. The van der Waals surface area contributed by atoms with E-state index in [0.29, 0.717) is 5.52 Å². The first-order chi connectivity index (χ1) is 13.5. The normalized spacial score (nSPS) is 10.3. The number of nitrogens with two attached hydrogens (primary N) is 1. The molecule has 0 spiro atoms. The number of carboxylic acid groups (broad SMARTS) is 1. The predicted octanol–water partition coefficient (Wildman–Crippen LogP) is 3.13. The second-order valence-corrected chi connectivity index (χ2v) is 6.46. The first kappa shape index (κ1) is 24.5. The van der Waals surface area contributed by atoms with Crippen molar-refractivity contribution in [3.05, 3.63) is 36.3 Å². The van der Waals surface area contributed by atoms with Gasteiger partial charge in [-0.1, -0.05) is 44.4 Å². The summed E-state index contributed by atoms with van der Waals surface area (Å²) in [6.07, 6.45) is 6.53. The van der Waals surface area contributed by atoms with Crippen LogP contribution in [0.25, 0.3) is 21.9 Å². The number of likely N-dealkylation sites (N-methyl/N-ethyl adjacent to an activating group) is 1. The van der Waals surface area contributed by atoms with E-state index in [1.54, 1.807) is 13.4 Å². The number of fused-ring (bicyclic) bond motifs is 3. The fourth-order valence-corrected chi connectivity index (χ4v) is 2.98. The van der Waals surface area contributed by atoms with E-state index in [0.717, 1.165) is 29.4 Å². The standard InChI is InChI=1S/C17H20N4O.C3H7NO2.BrH/c1-2-3-4-7-10-21-11-19-14-15(17(18)22)20-13-9-6-5-8-12(13)16(14)21;1-4-2-3(5)6;/h5-6,8-9,11H,2-4,7,10H2,1H3,(H2,18,22);4H,2H2,1H3,(H,5,6);1H. The monoisotopic (exact) mass is 465 g/mol. The summed E-state index contributed by atoms with van der Waals surface area (Å²) in [7, 11) is 1.59. The van der Waals surface area contributed by atoms with Crippen molar-refractivity contribution in [2.75, 3.05) is 13.6 Å². The first-order valence-corrected chi connectivity index (χ1v) is 9.39. The highest BCUT2D eigenvalue weighted by molar-refractivity contribution is 8.93. The molecule has 29 heavy (non-hydrogen) atoms. The zero-order chi connectivity index (χ0) is 20.5. The molecular formula is C20H28BrN5O3. The van der Waals surface area contributed by atoms with Crippen LogP contribution >= 0.6 is 17.0 Å². The number of primary amides is 1. The number of aryl methyl sites for hydroxylation is 1. The van der Waals surface area contributed by atoms with Crippen molar-refractivity contribution in [3.8, 4) is 0 Å². The van der Waals surface area contributed by atoms with Crippen LogP contribution in [0.2, 0.25) is 0 Å². The Hall–Kier alpha value is -2.52. The molecule has 0 saturated carbocycles. The lowest BCUT2D eigenvalue weighted by atomic mass is 10.1. The van der Waals surface area contributed by atoms with Crippen molar-refractivity contribution < 1.29 is 14.7 Å². The smallest absolute Gasteiger partial charge is 0.317 e. The van der Waals surface area contributed by atoms with Gasteiger partial charge in [0.15, 0.2) is 5.69 Å².